The smallest absolute Gasteiger partial charge is 0.0681 e. The van der Waals surface area contributed by atoms with Gasteiger partial charge in [-0.2, -0.15) is 0 Å². The van der Waals surface area contributed by atoms with Gasteiger partial charge in [0, 0.05) is 9.58 Å². The number of hydrogen-bond donors (Lipinski definition) is 0. The van der Waals surface area contributed by atoms with Crippen LogP contribution in [0.1, 0.15) is 35.1 Å². The van der Waals surface area contributed by atoms with Crippen LogP contribution >= 0.6 is 22.9 Å². The molecule has 0 N–H and O–H groups in total. The molecule has 0 amide bonds. The molecule has 1 aliphatic rings. The number of benzene rings is 1. The molecule has 1 aliphatic carbocycles. The van der Waals surface area contributed by atoms with E-state index in [2.05, 4.69) is 24.3 Å². The van der Waals surface area contributed by atoms with Gasteiger partial charge in [-0.05, 0) is 36.3 Å². The summed E-state index contributed by atoms with van der Waals surface area (Å²) in [5.74, 6) is 0. The van der Waals surface area contributed by atoms with Gasteiger partial charge in [0.1, 0.15) is 0 Å². The molecule has 0 nitrogen and oxygen atoms in total. The fourth-order valence-electron chi connectivity index (χ4n) is 2.39. The molecule has 78 valence electrons. The van der Waals surface area contributed by atoms with E-state index in [1.54, 1.807) is 0 Å². The van der Waals surface area contributed by atoms with Crippen molar-refractivity contribution in [3.8, 4) is 0 Å². The summed E-state index contributed by atoms with van der Waals surface area (Å²) in [7, 11) is 0. The molecule has 1 heterocycles. The van der Waals surface area contributed by atoms with Gasteiger partial charge in [-0.3, -0.25) is 0 Å². The average Bonchev–Trinajstić information content (AvgIpc) is 2.54. The van der Waals surface area contributed by atoms with E-state index in [0.29, 0.717) is 0 Å². The fourth-order valence-corrected chi connectivity index (χ4v) is 4.07. The van der Waals surface area contributed by atoms with Gasteiger partial charge in [-0.25, -0.2) is 0 Å². The second-order valence-electron chi connectivity index (χ2n) is 4.15. The van der Waals surface area contributed by atoms with Gasteiger partial charge in [0.25, 0.3) is 0 Å². The van der Waals surface area contributed by atoms with Crippen molar-refractivity contribution in [3.05, 3.63) is 34.7 Å². The Hall–Kier alpha value is -0.530. The van der Waals surface area contributed by atoms with Crippen LogP contribution in [0, 0.1) is 0 Å². The number of alkyl halides is 1. The predicted molar refractivity (Wildman–Crippen MR) is 68.0 cm³/mol. The summed E-state index contributed by atoms with van der Waals surface area (Å²) in [6.07, 6.45) is 4.91. The Kier molecular flexibility index (Phi) is 2.45. The standard InChI is InChI=1S/C13H13ClS/c14-11-7-3-1-6-10-9-5-2-4-8-12(9)15-13(10)11/h2,4-5,8,11H,1,3,6-7H2. The van der Waals surface area contributed by atoms with Gasteiger partial charge in [0.05, 0.1) is 5.38 Å². The molecule has 15 heavy (non-hydrogen) atoms. The highest BCUT2D eigenvalue weighted by molar-refractivity contribution is 7.19. The number of fused-ring (bicyclic) bond motifs is 3. The van der Waals surface area contributed by atoms with Crippen molar-refractivity contribution in [2.75, 3.05) is 0 Å². The van der Waals surface area contributed by atoms with Crippen molar-refractivity contribution in [3.63, 3.8) is 0 Å². The van der Waals surface area contributed by atoms with Crippen LogP contribution in [-0.2, 0) is 6.42 Å². The molecule has 3 rings (SSSR count). The lowest BCUT2D eigenvalue weighted by atomic mass is 10.1. The predicted octanol–water partition coefficient (Wildman–Crippen LogP) is 4.91. The molecule has 0 radical (unpaired) electrons. The van der Waals surface area contributed by atoms with Crippen molar-refractivity contribution in [1.29, 1.82) is 0 Å². The summed E-state index contributed by atoms with van der Waals surface area (Å²) in [5.41, 5.74) is 1.52. The summed E-state index contributed by atoms with van der Waals surface area (Å²) < 4.78 is 1.40. The van der Waals surface area contributed by atoms with E-state index in [0.717, 1.165) is 6.42 Å². The zero-order valence-electron chi connectivity index (χ0n) is 8.50. The van der Waals surface area contributed by atoms with Gasteiger partial charge in [0.15, 0.2) is 0 Å². The van der Waals surface area contributed by atoms with Crippen molar-refractivity contribution in [2.45, 2.75) is 31.1 Å². The molecule has 0 bridgehead atoms. The number of rotatable bonds is 0. The van der Waals surface area contributed by atoms with Crippen molar-refractivity contribution < 1.29 is 0 Å². The SMILES string of the molecule is ClC1CCCCc2c1sc1ccccc21. The Labute approximate surface area is 98.9 Å². The fraction of sp³-hybridized carbons (Fsp3) is 0.385. The highest BCUT2D eigenvalue weighted by Crippen LogP contribution is 2.42. The monoisotopic (exact) mass is 236 g/mol. The third-order valence-corrected chi connectivity index (χ3v) is 5.04. The molecule has 0 fully saturated rings. The van der Waals surface area contributed by atoms with Crippen molar-refractivity contribution >= 4 is 33.0 Å². The summed E-state index contributed by atoms with van der Waals surface area (Å²) in [5, 5.41) is 1.69. The van der Waals surface area contributed by atoms with Gasteiger partial charge in [0.2, 0.25) is 0 Å². The van der Waals surface area contributed by atoms with E-state index in [4.69, 9.17) is 11.6 Å². The quantitative estimate of drug-likeness (QED) is 0.451. The van der Waals surface area contributed by atoms with Gasteiger partial charge < -0.3 is 0 Å². The van der Waals surface area contributed by atoms with Crippen LogP contribution in [0.5, 0.6) is 0 Å². The molecule has 0 aliphatic heterocycles. The highest BCUT2D eigenvalue weighted by atomic mass is 35.5. The third kappa shape index (κ3) is 1.58. The van der Waals surface area contributed by atoms with Gasteiger partial charge >= 0.3 is 0 Å². The van der Waals surface area contributed by atoms with Gasteiger partial charge in [-0.15, -0.1) is 22.9 Å². The average molecular weight is 237 g/mol. The molecular formula is C13H13ClS. The molecule has 0 spiro atoms. The molecule has 0 saturated heterocycles. The van der Waals surface area contributed by atoms with E-state index in [1.165, 1.54) is 39.8 Å². The van der Waals surface area contributed by atoms with Crippen LogP contribution < -0.4 is 0 Å². The number of hydrogen-bond acceptors (Lipinski definition) is 1. The number of halogens is 1. The third-order valence-electron chi connectivity index (χ3n) is 3.15. The zero-order chi connectivity index (χ0) is 10.3. The Balaban J connectivity index is 2.26. The lowest BCUT2D eigenvalue weighted by molar-refractivity contribution is 0.702. The Morgan fingerprint density at radius 3 is 3.00 bits per heavy atom. The molecule has 1 unspecified atom stereocenters. The Bertz CT molecular complexity index is 486. The maximum Gasteiger partial charge on any atom is 0.0681 e. The van der Waals surface area contributed by atoms with Crippen molar-refractivity contribution in [2.24, 2.45) is 0 Å². The van der Waals surface area contributed by atoms with Crippen LogP contribution in [0.4, 0.5) is 0 Å². The van der Waals surface area contributed by atoms with E-state index in [-0.39, 0.29) is 5.38 Å². The summed E-state index contributed by atoms with van der Waals surface area (Å²) in [6.45, 7) is 0. The summed E-state index contributed by atoms with van der Waals surface area (Å²) in [6, 6.07) is 8.68. The van der Waals surface area contributed by atoms with Crippen LogP contribution in [-0.4, -0.2) is 0 Å². The minimum atomic E-state index is 0.250. The first-order chi connectivity index (χ1) is 7.36. The van der Waals surface area contributed by atoms with Gasteiger partial charge in [-0.1, -0.05) is 24.6 Å². The first kappa shape index (κ1) is 9.68. The Morgan fingerprint density at radius 2 is 2.07 bits per heavy atom. The topological polar surface area (TPSA) is 0 Å². The van der Waals surface area contributed by atoms with Crippen LogP contribution in [0.2, 0.25) is 0 Å². The number of thiophene rings is 1. The molecule has 1 atom stereocenters. The van der Waals surface area contributed by atoms with E-state index >= 15 is 0 Å². The second-order valence-corrected chi connectivity index (χ2v) is 5.76. The maximum absolute atomic E-state index is 6.43. The lowest BCUT2D eigenvalue weighted by Gasteiger charge is -2.03. The Morgan fingerprint density at radius 1 is 1.20 bits per heavy atom. The summed E-state index contributed by atoms with van der Waals surface area (Å²) >= 11 is 8.32. The van der Waals surface area contributed by atoms with Crippen LogP contribution in [0.25, 0.3) is 10.1 Å². The molecule has 1 aromatic carbocycles. The molecule has 0 saturated carbocycles. The zero-order valence-corrected chi connectivity index (χ0v) is 10.1. The minimum Gasteiger partial charge on any atom is -0.138 e. The van der Waals surface area contributed by atoms with Crippen molar-refractivity contribution in [1.82, 2.24) is 0 Å². The van der Waals surface area contributed by atoms with E-state index in [1.807, 2.05) is 11.3 Å². The highest BCUT2D eigenvalue weighted by Gasteiger charge is 2.20. The van der Waals surface area contributed by atoms with E-state index < -0.39 is 0 Å². The number of aryl methyl sites for hydroxylation is 1. The minimum absolute atomic E-state index is 0.250. The molecule has 2 aromatic rings. The summed E-state index contributed by atoms with van der Waals surface area (Å²) in [4.78, 5) is 1.43. The van der Waals surface area contributed by atoms with E-state index in [9.17, 15) is 0 Å². The first-order valence-corrected chi connectivity index (χ1v) is 6.76. The first-order valence-electron chi connectivity index (χ1n) is 5.50. The maximum atomic E-state index is 6.43. The molecular weight excluding hydrogens is 224 g/mol. The normalized spacial score (nSPS) is 21.3. The van der Waals surface area contributed by atoms with Crippen LogP contribution in [0.3, 0.4) is 0 Å². The molecule has 2 heteroatoms. The lowest BCUT2D eigenvalue weighted by Crippen LogP contribution is -1.86. The van der Waals surface area contributed by atoms with Crippen LogP contribution in [0.15, 0.2) is 24.3 Å². The molecule has 1 aromatic heterocycles. The largest absolute Gasteiger partial charge is 0.138 e. The second kappa shape index (κ2) is 3.80.